The average molecular weight is 372 g/mol. The molecule has 3 heterocycles. The van der Waals surface area contributed by atoms with Crippen molar-refractivity contribution in [2.75, 3.05) is 26.2 Å². The minimum Gasteiger partial charge on any atom is -0.352 e. The third-order valence-corrected chi connectivity index (χ3v) is 5.38. The second-order valence-corrected chi connectivity index (χ2v) is 7.94. The number of hydrogen-bond donors (Lipinski definition) is 1. The van der Waals surface area contributed by atoms with Gasteiger partial charge < -0.3 is 10.2 Å². The van der Waals surface area contributed by atoms with Crippen LogP contribution in [0, 0.1) is 6.92 Å². The van der Waals surface area contributed by atoms with Crippen LogP contribution in [-0.2, 0) is 0 Å². The maximum Gasteiger partial charge on any atom is 0.253 e. The molecule has 1 aliphatic rings. The fraction of sp³-hybridized carbons (Fsp3) is 0.667. The second kappa shape index (κ2) is 9.31. The topological polar surface area (TPSA) is 63.1 Å². The Bertz CT molecular complexity index is 761. The zero-order valence-electron chi connectivity index (χ0n) is 17.0. The Kier molecular flexibility index (Phi) is 6.83. The Morgan fingerprint density at radius 2 is 1.96 bits per heavy atom. The van der Waals surface area contributed by atoms with Crippen LogP contribution in [0.25, 0.3) is 11.0 Å². The van der Waals surface area contributed by atoms with Crippen LogP contribution < -0.4 is 5.32 Å². The molecule has 0 radical (unpaired) electrons. The van der Waals surface area contributed by atoms with Crippen molar-refractivity contribution in [1.82, 2.24) is 25.0 Å². The SMILES string of the molecule is Cc1nc2c(cnn2C(C)C)cc1C(=O)NCCCCCN1CCCCC1. The molecule has 1 amide bonds. The molecule has 148 valence electrons. The van der Waals surface area contributed by atoms with E-state index in [1.165, 1.54) is 45.3 Å². The van der Waals surface area contributed by atoms with Crippen LogP contribution >= 0.6 is 0 Å². The minimum absolute atomic E-state index is 0.0322. The molecular formula is C21H33N5O. The number of aryl methyl sites for hydroxylation is 1. The monoisotopic (exact) mass is 371 g/mol. The number of unbranched alkanes of at least 4 members (excludes halogenated alkanes) is 2. The number of nitrogens with one attached hydrogen (secondary N) is 1. The first-order chi connectivity index (χ1) is 13.1. The lowest BCUT2D eigenvalue weighted by Gasteiger charge is -2.26. The van der Waals surface area contributed by atoms with Gasteiger partial charge in [0.25, 0.3) is 5.91 Å². The molecule has 3 rings (SSSR count). The number of nitrogens with zero attached hydrogens (tertiary/aromatic N) is 4. The van der Waals surface area contributed by atoms with E-state index in [0.717, 1.165) is 36.1 Å². The largest absolute Gasteiger partial charge is 0.352 e. The highest BCUT2D eigenvalue weighted by Crippen LogP contribution is 2.19. The lowest BCUT2D eigenvalue weighted by atomic mass is 10.1. The van der Waals surface area contributed by atoms with E-state index in [1.54, 1.807) is 6.20 Å². The van der Waals surface area contributed by atoms with Crippen molar-refractivity contribution in [3.05, 3.63) is 23.5 Å². The maximum atomic E-state index is 12.5. The zero-order chi connectivity index (χ0) is 19.2. The van der Waals surface area contributed by atoms with Crippen LogP contribution in [0.3, 0.4) is 0 Å². The summed E-state index contributed by atoms with van der Waals surface area (Å²) < 4.78 is 1.90. The molecule has 0 aliphatic carbocycles. The van der Waals surface area contributed by atoms with Gasteiger partial charge in [-0.2, -0.15) is 5.10 Å². The Labute approximate surface area is 162 Å². The summed E-state index contributed by atoms with van der Waals surface area (Å²) in [4.78, 5) is 19.7. The van der Waals surface area contributed by atoms with E-state index in [2.05, 4.69) is 34.1 Å². The molecule has 0 bridgehead atoms. The van der Waals surface area contributed by atoms with Crippen LogP contribution in [-0.4, -0.2) is 51.8 Å². The molecule has 1 aliphatic heterocycles. The minimum atomic E-state index is -0.0322. The molecular weight excluding hydrogens is 338 g/mol. The first-order valence-electron chi connectivity index (χ1n) is 10.4. The molecule has 2 aromatic rings. The highest BCUT2D eigenvalue weighted by Gasteiger charge is 2.15. The molecule has 6 nitrogen and oxygen atoms in total. The normalized spacial score (nSPS) is 15.6. The van der Waals surface area contributed by atoms with Crippen LogP contribution in [0.15, 0.2) is 12.3 Å². The molecule has 1 saturated heterocycles. The number of aromatic nitrogens is 3. The van der Waals surface area contributed by atoms with Crippen molar-refractivity contribution >= 4 is 16.9 Å². The van der Waals surface area contributed by atoms with Gasteiger partial charge in [0.1, 0.15) is 0 Å². The van der Waals surface area contributed by atoms with Crippen molar-refractivity contribution in [1.29, 1.82) is 0 Å². The van der Waals surface area contributed by atoms with E-state index in [9.17, 15) is 4.79 Å². The van der Waals surface area contributed by atoms with E-state index in [4.69, 9.17) is 0 Å². The summed E-state index contributed by atoms with van der Waals surface area (Å²) >= 11 is 0. The van der Waals surface area contributed by atoms with Crippen LogP contribution in [0.1, 0.15) is 74.5 Å². The molecule has 27 heavy (non-hydrogen) atoms. The fourth-order valence-corrected chi connectivity index (χ4v) is 3.79. The zero-order valence-corrected chi connectivity index (χ0v) is 17.0. The van der Waals surface area contributed by atoms with E-state index >= 15 is 0 Å². The van der Waals surface area contributed by atoms with Gasteiger partial charge in [-0.1, -0.05) is 12.8 Å². The summed E-state index contributed by atoms with van der Waals surface area (Å²) in [6.07, 6.45) is 9.29. The predicted octanol–water partition coefficient (Wildman–Crippen LogP) is 3.71. The highest BCUT2D eigenvalue weighted by molar-refractivity contribution is 5.98. The van der Waals surface area contributed by atoms with Crippen molar-refractivity contribution in [3.63, 3.8) is 0 Å². The lowest BCUT2D eigenvalue weighted by molar-refractivity contribution is 0.0952. The van der Waals surface area contributed by atoms with Crippen molar-refractivity contribution < 1.29 is 4.79 Å². The molecule has 0 aromatic carbocycles. The summed E-state index contributed by atoms with van der Waals surface area (Å²) in [5.74, 6) is -0.0322. The van der Waals surface area contributed by atoms with Gasteiger partial charge in [-0.15, -0.1) is 0 Å². The average Bonchev–Trinajstić information content (AvgIpc) is 3.07. The fourth-order valence-electron chi connectivity index (χ4n) is 3.79. The van der Waals surface area contributed by atoms with E-state index in [1.807, 2.05) is 17.7 Å². The molecule has 0 saturated carbocycles. The number of carbonyl (C=O) groups excluding carboxylic acids is 1. The molecule has 1 fully saturated rings. The number of fused-ring (bicyclic) bond motifs is 1. The molecule has 2 aromatic heterocycles. The summed E-state index contributed by atoms with van der Waals surface area (Å²) in [5.41, 5.74) is 2.25. The number of rotatable bonds is 8. The van der Waals surface area contributed by atoms with Gasteiger partial charge in [0, 0.05) is 18.0 Å². The first kappa shape index (κ1) is 19.8. The van der Waals surface area contributed by atoms with Gasteiger partial charge in [-0.25, -0.2) is 9.67 Å². The smallest absolute Gasteiger partial charge is 0.253 e. The molecule has 0 spiro atoms. The third-order valence-electron chi connectivity index (χ3n) is 5.38. The van der Waals surface area contributed by atoms with Gasteiger partial charge in [0.15, 0.2) is 5.65 Å². The Morgan fingerprint density at radius 1 is 1.19 bits per heavy atom. The molecule has 1 N–H and O–H groups in total. The van der Waals surface area contributed by atoms with E-state index in [-0.39, 0.29) is 11.9 Å². The molecule has 6 heteroatoms. The van der Waals surface area contributed by atoms with Gasteiger partial charge in [0.2, 0.25) is 0 Å². The Morgan fingerprint density at radius 3 is 2.70 bits per heavy atom. The number of hydrogen-bond acceptors (Lipinski definition) is 4. The van der Waals surface area contributed by atoms with E-state index in [0.29, 0.717) is 5.56 Å². The van der Waals surface area contributed by atoms with Crippen LogP contribution in [0.4, 0.5) is 0 Å². The maximum absolute atomic E-state index is 12.5. The quantitative estimate of drug-likeness (QED) is 0.719. The summed E-state index contributed by atoms with van der Waals surface area (Å²) in [6.45, 7) is 10.5. The summed E-state index contributed by atoms with van der Waals surface area (Å²) in [7, 11) is 0. The number of carbonyl (C=O) groups is 1. The van der Waals surface area contributed by atoms with Crippen molar-refractivity contribution in [2.45, 2.75) is 65.3 Å². The summed E-state index contributed by atoms with van der Waals surface area (Å²) in [6, 6.07) is 2.16. The Hall–Kier alpha value is -1.95. The van der Waals surface area contributed by atoms with Crippen molar-refractivity contribution in [3.8, 4) is 0 Å². The number of likely N-dealkylation sites (tertiary alicyclic amines) is 1. The van der Waals surface area contributed by atoms with Gasteiger partial charge >= 0.3 is 0 Å². The second-order valence-electron chi connectivity index (χ2n) is 7.94. The first-order valence-corrected chi connectivity index (χ1v) is 10.4. The molecule has 0 unspecified atom stereocenters. The molecule has 0 atom stereocenters. The Balaban J connectivity index is 1.45. The van der Waals surface area contributed by atoms with Gasteiger partial charge in [0.05, 0.1) is 17.5 Å². The van der Waals surface area contributed by atoms with Crippen LogP contribution in [0.2, 0.25) is 0 Å². The summed E-state index contributed by atoms with van der Waals surface area (Å²) in [5, 5.41) is 8.36. The van der Waals surface area contributed by atoms with Crippen LogP contribution in [0.5, 0.6) is 0 Å². The predicted molar refractivity (Wildman–Crippen MR) is 109 cm³/mol. The lowest BCUT2D eigenvalue weighted by Crippen LogP contribution is -2.30. The highest BCUT2D eigenvalue weighted by atomic mass is 16.1. The van der Waals surface area contributed by atoms with Gasteiger partial charge in [-0.05, 0) is 72.2 Å². The number of pyridine rings is 1. The van der Waals surface area contributed by atoms with E-state index < -0.39 is 0 Å². The standard InChI is InChI=1S/C21H33N5O/c1-16(2)26-20-18(15-23-26)14-19(17(3)24-20)21(27)22-10-6-4-7-11-25-12-8-5-9-13-25/h14-16H,4-13H2,1-3H3,(H,22,27). The number of piperidine rings is 1. The third kappa shape index (κ3) is 5.06. The van der Waals surface area contributed by atoms with Crippen molar-refractivity contribution in [2.24, 2.45) is 0 Å². The van der Waals surface area contributed by atoms with Gasteiger partial charge in [-0.3, -0.25) is 4.79 Å². The number of amides is 1.